The standard InChI is InChI=1S/C24H15BrCl3NO3S/c25-17-5-1-14(2-6-17)12-29-23(30)22(33-24(29)31)11-15-4-8-21(20(28)9-15)32-13-16-3-7-18(26)19(27)10-16/h1-11H,12-13H2/b22-11-. The van der Waals surface area contributed by atoms with E-state index in [-0.39, 0.29) is 24.3 Å². The number of carbonyl (C=O) groups is 2. The molecule has 1 aliphatic rings. The summed E-state index contributed by atoms with van der Waals surface area (Å²) in [5, 5.41) is 1.01. The lowest BCUT2D eigenvalue weighted by molar-refractivity contribution is -0.123. The summed E-state index contributed by atoms with van der Waals surface area (Å²) in [4.78, 5) is 26.8. The largest absolute Gasteiger partial charge is 0.487 e. The Balaban J connectivity index is 1.44. The van der Waals surface area contributed by atoms with Gasteiger partial charge in [-0.15, -0.1) is 0 Å². The number of rotatable bonds is 6. The van der Waals surface area contributed by atoms with Gasteiger partial charge in [0.1, 0.15) is 12.4 Å². The summed E-state index contributed by atoms with van der Waals surface area (Å²) in [5.74, 6) is 0.159. The molecule has 0 atom stereocenters. The molecule has 0 bridgehead atoms. The predicted octanol–water partition coefficient (Wildman–Crippen LogP) is 8.22. The first-order valence-electron chi connectivity index (χ1n) is 9.66. The second-order valence-electron chi connectivity index (χ2n) is 7.12. The molecule has 0 radical (unpaired) electrons. The maximum atomic E-state index is 12.8. The molecule has 9 heteroatoms. The highest BCUT2D eigenvalue weighted by Crippen LogP contribution is 2.35. The topological polar surface area (TPSA) is 46.6 Å². The Bertz CT molecular complexity index is 1260. The third-order valence-electron chi connectivity index (χ3n) is 4.76. The van der Waals surface area contributed by atoms with Crippen LogP contribution >= 0.6 is 62.5 Å². The minimum absolute atomic E-state index is 0.220. The van der Waals surface area contributed by atoms with Crippen LogP contribution in [0.5, 0.6) is 5.75 Å². The SMILES string of the molecule is O=C1S/C(=C\c2ccc(OCc3ccc(Cl)c(Cl)c3)c(Cl)c2)C(=O)N1Cc1ccc(Br)cc1. The van der Waals surface area contributed by atoms with Crippen LogP contribution in [-0.2, 0) is 17.9 Å². The zero-order valence-corrected chi connectivity index (χ0v) is 21.5. The molecule has 0 spiro atoms. The third-order valence-corrected chi connectivity index (χ3v) is 7.23. The summed E-state index contributed by atoms with van der Waals surface area (Å²) in [7, 11) is 0. The lowest BCUT2D eigenvalue weighted by Crippen LogP contribution is -2.27. The van der Waals surface area contributed by atoms with E-state index in [0.717, 1.165) is 27.4 Å². The first-order chi connectivity index (χ1) is 15.8. The summed E-state index contributed by atoms with van der Waals surface area (Å²) < 4.78 is 6.71. The molecule has 0 aromatic heterocycles. The van der Waals surface area contributed by atoms with Crippen LogP contribution in [0.2, 0.25) is 15.1 Å². The van der Waals surface area contributed by atoms with Crippen molar-refractivity contribution in [1.82, 2.24) is 4.90 Å². The van der Waals surface area contributed by atoms with Crippen molar-refractivity contribution in [2.24, 2.45) is 0 Å². The van der Waals surface area contributed by atoms with E-state index in [1.165, 1.54) is 4.90 Å². The quantitative estimate of drug-likeness (QED) is 0.274. The Morgan fingerprint density at radius 3 is 2.30 bits per heavy atom. The van der Waals surface area contributed by atoms with Gasteiger partial charge in [-0.25, -0.2) is 0 Å². The number of hydrogen-bond donors (Lipinski definition) is 0. The number of nitrogens with zero attached hydrogens (tertiary/aromatic N) is 1. The van der Waals surface area contributed by atoms with Gasteiger partial charge in [0.15, 0.2) is 0 Å². The maximum absolute atomic E-state index is 12.8. The fourth-order valence-electron chi connectivity index (χ4n) is 3.07. The summed E-state index contributed by atoms with van der Waals surface area (Å²) in [6.45, 7) is 0.489. The van der Waals surface area contributed by atoms with Crippen LogP contribution in [0.1, 0.15) is 16.7 Å². The molecule has 3 aromatic rings. The molecule has 0 saturated carbocycles. The Morgan fingerprint density at radius 1 is 0.879 bits per heavy atom. The molecule has 0 N–H and O–H groups in total. The van der Waals surface area contributed by atoms with Crippen LogP contribution in [0.4, 0.5) is 4.79 Å². The van der Waals surface area contributed by atoms with E-state index in [0.29, 0.717) is 31.3 Å². The molecule has 1 aliphatic heterocycles. The highest BCUT2D eigenvalue weighted by atomic mass is 79.9. The molecule has 0 unspecified atom stereocenters. The molecule has 33 heavy (non-hydrogen) atoms. The normalized spacial score (nSPS) is 14.9. The zero-order chi connectivity index (χ0) is 23.5. The molecule has 1 heterocycles. The van der Waals surface area contributed by atoms with Gasteiger partial charge in [-0.1, -0.05) is 75.0 Å². The maximum Gasteiger partial charge on any atom is 0.293 e. The van der Waals surface area contributed by atoms with E-state index < -0.39 is 0 Å². The molecule has 1 saturated heterocycles. The van der Waals surface area contributed by atoms with Gasteiger partial charge in [-0.2, -0.15) is 0 Å². The van der Waals surface area contributed by atoms with Crippen molar-refractivity contribution in [3.63, 3.8) is 0 Å². The first kappa shape index (κ1) is 24.2. The van der Waals surface area contributed by atoms with Gasteiger partial charge in [0.05, 0.1) is 26.5 Å². The number of benzene rings is 3. The van der Waals surface area contributed by atoms with E-state index in [9.17, 15) is 9.59 Å². The molecule has 3 aromatic carbocycles. The van der Waals surface area contributed by atoms with Crippen molar-refractivity contribution in [2.45, 2.75) is 13.2 Å². The van der Waals surface area contributed by atoms with Gasteiger partial charge in [0, 0.05) is 4.47 Å². The number of halogens is 4. The van der Waals surface area contributed by atoms with E-state index in [4.69, 9.17) is 39.5 Å². The second kappa shape index (κ2) is 10.5. The van der Waals surface area contributed by atoms with Crippen molar-refractivity contribution >= 4 is 79.7 Å². The molecule has 4 rings (SSSR count). The average Bonchev–Trinajstić information content (AvgIpc) is 3.04. The molecule has 168 valence electrons. The lowest BCUT2D eigenvalue weighted by Gasteiger charge is -2.12. The van der Waals surface area contributed by atoms with Crippen LogP contribution in [-0.4, -0.2) is 16.0 Å². The van der Waals surface area contributed by atoms with Crippen LogP contribution in [0.15, 0.2) is 70.0 Å². The van der Waals surface area contributed by atoms with Crippen molar-refractivity contribution in [2.75, 3.05) is 0 Å². The second-order valence-corrected chi connectivity index (χ2v) is 10.3. The highest BCUT2D eigenvalue weighted by molar-refractivity contribution is 9.10. The molecule has 0 aliphatic carbocycles. The van der Waals surface area contributed by atoms with Crippen LogP contribution in [0.3, 0.4) is 0 Å². The van der Waals surface area contributed by atoms with Crippen molar-refractivity contribution in [3.05, 3.63) is 102 Å². The third kappa shape index (κ3) is 5.94. The van der Waals surface area contributed by atoms with Crippen LogP contribution in [0.25, 0.3) is 6.08 Å². The number of amides is 2. The van der Waals surface area contributed by atoms with Gasteiger partial charge >= 0.3 is 0 Å². The van der Waals surface area contributed by atoms with Gasteiger partial charge < -0.3 is 4.74 Å². The first-order valence-corrected chi connectivity index (χ1v) is 12.4. The molecule has 2 amide bonds. The Morgan fingerprint density at radius 2 is 1.61 bits per heavy atom. The molecular weight excluding hydrogens is 569 g/mol. The van der Waals surface area contributed by atoms with Crippen LogP contribution in [0, 0.1) is 0 Å². The Hall–Kier alpha value is -1.96. The Labute approximate surface area is 218 Å². The van der Waals surface area contributed by atoms with E-state index in [1.807, 2.05) is 30.3 Å². The van der Waals surface area contributed by atoms with Gasteiger partial charge in [-0.05, 0) is 70.9 Å². The summed E-state index contributed by atoms with van der Waals surface area (Å²) in [6, 6.07) is 17.9. The summed E-state index contributed by atoms with van der Waals surface area (Å²) in [6.07, 6.45) is 1.65. The zero-order valence-electron chi connectivity index (χ0n) is 16.9. The number of imide groups is 1. The van der Waals surface area contributed by atoms with E-state index >= 15 is 0 Å². The monoisotopic (exact) mass is 581 g/mol. The predicted molar refractivity (Wildman–Crippen MR) is 138 cm³/mol. The highest BCUT2D eigenvalue weighted by Gasteiger charge is 2.35. The molecule has 4 nitrogen and oxygen atoms in total. The fraction of sp³-hybridized carbons (Fsp3) is 0.0833. The molecular formula is C24H15BrCl3NO3S. The fourth-order valence-corrected chi connectivity index (χ4v) is 4.74. The lowest BCUT2D eigenvalue weighted by atomic mass is 10.2. The summed E-state index contributed by atoms with van der Waals surface area (Å²) in [5.41, 5.74) is 2.41. The summed E-state index contributed by atoms with van der Waals surface area (Å²) >= 11 is 22.6. The van der Waals surface area contributed by atoms with Crippen molar-refractivity contribution in [1.29, 1.82) is 0 Å². The van der Waals surface area contributed by atoms with Gasteiger partial charge in [0.2, 0.25) is 0 Å². The van der Waals surface area contributed by atoms with Gasteiger partial charge in [-0.3, -0.25) is 14.5 Å². The molecule has 1 fully saturated rings. The number of ether oxygens (including phenoxy) is 1. The van der Waals surface area contributed by atoms with Crippen LogP contribution < -0.4 is 4.74 Å². The Kier molecular flexibility index (Phi) is 7.72. The minimum Gasteiger partial charge on any atom is -0.487 e. The van der Waals surface area contributed by atoms with Gasteiger partial charge in [0.25, 0.3) is 11.1 Å². The van der Waals surface area contributed by atoms with E-state index in [2.05, 4.69) is 15.9 Å². The van der Waals surface area contributed by atoms with Crippen molar-refractivity contribution in [3.8, 4) is 5.75 Å². The van der Waals surface area contributed by atoms with Crippen molar-refractivity contribution < 1.29 is 14.3 Å². The average molecular weight is 584 g/mol. The smallest absolute Gasteiger partial charge is 0.293 e. The number of carbonyl (C=O) groups excluding carboxylic acids is 2. The number of thioether (sulfide) groups is 1. The number of hydrogen-bond acceptors (Lipinski definition) is 4. The minimum atomic E-state index is -0.330. The van der Waals surface area contributed by atoms with E-state index in [1.54, 1.807) is 36.4 Å².